The number of benzene rings is 1. The molecule has 1 amide bonds. The van der Waals surface area contributed by atoms with Gasteiger partial charge in [0.05, 0.1) is 25.4 Å². The lowest BCUT2D eigenvalue weighted by atomic mass is 9.99. The minimum atomic E-state index is -0.116. The van der Waals surface area contributed by atoms with Gasteiger partial charge in [0.15, 0.2) is 5.82 Å². The third kappa shape index (κ3) is 3.48. The number of amides is 1. The molecular formula is C18H22N4O2. The maximum absolute atomic E-state index is 12.7. The topological polar surface area (TPSA) is 58.6 Å². The van der Waals surface area contributed by atoms with Crippen LogP contribution in [0, 0.1) is 0 Å². The van der Waals surface area contributed by atoms with E-state index in [2.05, 4.69) is 14.9 Å². The predicted molar refractivity (Wildman–Crippen MR) is 92.2 cm³/mol. The fourth-order valence-corrected chi connectivity index (χ4v) is 2.90. The number of hydrogen-bond acceptors (Lipinski definition) is 5. The predicted octanol–water partition coefficient (Wildman–Crippen LogP) is 1.94. The van der Waals surface area contributed by atoms with E-state index in [1.807, 2.05) is 42.2 Å². The summed E-state index contributed by atoms with van der Waals surface area (Å²) in [6.45, 7) is 4.84. The van der Waals surface area contributed by atoms with Crippen molar-refractivity contribution in [2.75, 3.05) is 38.2 Å². The molecule has 1 fully saturated rings. The Morgan fingerprint density at radius 1 is 1.12 bits per heavy atom. The van der Waals surface area contributed by atoms with Crippen molar-refractivity contribution in [3.8, 4) is 5.88 Å². The summed E-state index contributed by atoms with van der Waals surface area (Å²) >= 11 is 0. The molecule has 0 radical (unpaired) electrons. The SMILES string of the molecule is COc1cncc(N2CCN(C(=O)C(C)c3ccccc3)CC2)n1. The van der Waals surface area contributed by atoms with Crippen molar-refractivity contribution in [1.82, 2.24) is 14.9 Å². The van der Waals surface area contributed by atoms with Crippen LogP contribution in [0.4, 0.5) is 5.82 Å². The maximum Gasteiger partial charge on any atom is 0.233 e. The quantitative estimate of drug-likeness (QED) is 0.859. The highest BCUT2D eigenvalue weighted by molar-refractivity contribution is 5.83. The van der Waals surface area contributed by atoms with Crippen LogP contribution in [0.3, 0.4) is 0 Å². The summed E-state index contributed by atoms with van der Waals surface area (Å²) in [5.74, 6) is 1.35. The first kappa shape index (κ1) is 16.2. The van der Waals surface area contributed by atoms with E-state index in [0.717, 1.165) is 24.5 Å². The molecule has 1 aliphatic heterocycles. The van der Waals surface area contributed by atoms with E-state index in [-0.39, 0.29) is 11.8 Å². The Labute approximate surface area is 142 Å². The standard InChI is InChI=1S/C18H22N4O2/c1-14(15-6-4-3-5-7-15)18(23)22-10-8-21(9-11-22)16-12-19-13-17(20-16)24-2/h3-7,12-14H,8-11H2,1-2H3. The van der Waals surface area contributed by atoms with Crippen molar-refractivity contribution < 1.29 is 9.53 Å². The average molecular weight is 326 g/mol. The van der Waals surface area contributed by atoms with Crippen LogP contribution in [0.25, 0.3) is 0 Å². The molecule has 1 aliphatic rings. The van der Waals surface area contributed by atoms with Crippen LogP contribution in [-0.2, 0) is 4.79 Å². The number of piperazine rings is 1. The van der Waals surface area contributed by atoms with Gasteiger partial charge in [0.1, 0.15) is 0 Å². The van der Waals surface area contributed by atoms with Gasteiger partial charge in [-0.2, -0.15) is 4.98 Å². The van der Waals surface area contributed by atoms with Gasteiger partial charge in [-0.3, -0.25) is 9.78 Å². The minimum absolute atomic E-state index is 0.116. The molecule has 0 spiro atoms. The highest BCUT2D eigenvalue weighted by Gasteiger charge is 2.26. The summed E-state index contributed by atoms with van der Waals surface area (Å²) < 4.78 is 5.12. The van der Waals surface area contributed by atoms with Gasteiger partial charge in [-0.1, -0.05) is 30.3 Å². The van der Waals surface area contributed by atoms with E-state index in [9.17, 15) is 4.79 Å². The molecule has 1 atom stereocenters. The number of methoxy groups -OCH3 is 1. The van der Waals surface area contributed by atoms with E-state index in [1.54, 1.807) is 19.5 Å². The summed E-state index contributed by atoms with van der Waals surface area (Å²) in [5, 5.41) is 0. The number of aromatic nitrogens is 2. The Balaban J connectivity index is 1.61. The van der Waals surface area contributed by atoms with Crippen LogP contribution in [0.1, 0.15) is 18.4 Å². The number of carbonyl (C=O) groups is 1. The van der Waals surface area contributed by atoms with Gasteiger partial charge in [-0.25, -0.2) is 0 Å². The minimum Gasteiger partial charge on any atom is -0.480 e. The number of nitrogens with zero attached hydrogens (tertiary/aromatic N) is 4. The molecule has 1 saturated heterocycles. The lowest BCUT2D eigenvalue weighted by Crippen LogP contribution is -2.50. The van der Waals surface area contributed by atoms with Gasteiger partial charge in [0.25, 0.3) is 0 Å². The van der Waals surface area contributed by atoms with Gasteiger partial charge < -0.3 is 14.5 Å². The number of rotatable bonds is 4. The third-order valence-corrected chi connectivity index (χ3v) is 4.39. The van der Waals surface area contributed by atoms with Crippen LogP contribution in [0.5, 0.6) is 5.88 Å². The highest BCUT2D eigenvalue weighted by Crippen LogP contribution is 2.20. The van der Waals surface area contributed by atoms with Crippen LogP contribution >= 0.6 is 0 Å². The molecular weight excluding hydrogens is 304 g/mol. The second-order valence-electron chi connectivity index (χ2n) is 5.86. The Hall–Kier alpha value is -2.63. The first-order valence-corrected chi connectivity index (χ1v) is 8.13. The van der Waals surface area contributed by atoms with Crippen LogP contribution in [0.2, 0.25) is 0 Å². The van der Waals surface area contributed by atoms with Crippen molar-refractivity contribution in [3.63, 3.8) is 0 Å². The van der Waals surface area contributed by atoms with Crippen LogP contribution in [0.15, 0.2) is 42.7 Å². The van der Waals surface area contributed by atoms with Gasteiger partial charge in [0, 0.05) is 26.2 Å². The number of anilines is 1. The highest BCUT2D eigenvalue weighted by atomic mass is 16.5. The van der Waals surface area contributed by atoms with Crippen LogP contribution < -0.4 is 9.64 Å². The third-order valence-electron chi connectivity index (χ3n) is 4.39. The molecule has 2 heterocycles. The lowest BCUT2D eigenvalue weighted by molar-refractivity contribution is -0.132. The molecule has 0 aliphatic carbocycles. The zero-order chi connectivity index (χ0) is 16.9. The number of ether oxygens (including phenoxy) is 1. The number of carbonyl (C=O) groups excluding carboxylic acids is 1. The van der Waals surface area contributed by atoms with E-state index in [0.29, 0.717) is 19.0 Å². The van der Waals surface area contributed by atoms with Crippen LogP contribution in [-0.4, -0.2) is 54.1 Å². The van der Waals surface area contributed by atoms with Crippen molar-refractivity contribution in [2.45, 2.75) is 12.8 Å². The summed E-state index contributed by atoms with van der Waals surface area (Å²) in [6, 6.07) is 9.92. The van der Waals surface area contributed by atoms with E-state index in [1.165, 1.54) is 0 Å². The molecule has 1 aromatic carbocycles. The lowest BCUT2D eigenvalue weighted by Gasteiger charge is -2.36. The fraction of sp³-hybridized carbons (Fsp3) is 0.389. The van der Waals surface area contributed by atoms with E-state index >= 15 is 0 Å². The normalized spacial score (nSPS) is 15.9. The second kappa shape index (κ2) is 7.29. The average Bonchev–Trinajstić information content (AvgIpc) is 2.67. The molecule has 6 heteroatoms. The van der Waals surface area contributed by atoms with Crippen molar-refractivity contribution in [2.24, 2.45) is 0 Å². The second-order valence-corrected chi connectivity index (χ2v) is 5.86. The smallest absolute Gasteiger partial charge is 0.233 e. The van der Waals surface area contributed by atoms with Gasteiger partial charge in [-0.05, 0) is 12.5 Å². The molecule has 6 nitrogen and oxygen atoms in total. The molecule has 1 aromatic heterocycles. The molecule has 0 N–H and O–H groups in total. The van der Waals surface area contributed by atoms with Crippen molar-refractivity contribution in [3.05, 3.63) is 48.3 Å². The Morgan fingerprint density at radius 2 is 1.83 bits per heavy atom. The fourth-order valence-electron chi connectivity index (χ4n) is 2.90. The molecule has 24 heavy (non-hydrogen) atoms. The zero-order valence-corrected chi connectivity index (χ0v) is 14.1. The monoisotopic (exact) mass is 326 g/mol. The Bertz CT molecular complexity index is 684. The largest absolute Gasteiger partial charge is 0.480 e. The molecule has 0 bridgehead atoms. The Morgan fingerprint density at radius 3 is 2.50 bits per heavy atom. The molecule has 3 rings (SSSR count). The maximum atomic E-state index is 12.7. The molecule has 0 saturated carbocycles. The Kier molecular flexibility index (Phi) is 4.93. The van der Waals surface area contributed by atoms with Crippen molar-refractivity contribution in [1.29, 1.82) is 0 Å². The first-order chi connectivity index (χ1) is 11.7. The van der Waals surface area contributed by atoms with Crippen molar-refractivity contribution >= 4 is 11.7 Å². The molecule has 2 aromatic rings. The zero-order valence-electron chi connectivity index (χ0n) is 14.1. The van der Waals surface area contributed by atoms with E-state index in [4.69, 9.17) is 4.74 Å². The van der Waals surface area contributed by atoms with Gasteiger partial charge >= 0.3 is 0 Å². The van der Waals surface area contributed by atoms with Gasteiger partial charge in [-0.15, -0.1) is 0 Å². The molecule has 126 valence electrons. The molecule has 1 unspecified atom stereocenters. The van der Waals surface area contributed by atoms with E-state index < -0.39 is 0 Å². The summed E-state index contributed by atoms with van der Waals surface area (Å²) in [5.41, 5.74) is 1.06. The van der Waals surface area contributed by atoms with Gasteiger partial charge in [0.2, 0.25) is 11.8 Å². The summed E-state index contributed by atoms with van der Waals surface area (Å²) in [7, 11) is 1.58. The summed E-state index contributed by atoms with van der Waals surface area (Å²) in [4.78, 5) is 25.3. The number of hydrogen-bond donors (Lipinski definition) is 0. The first-order valence-electron chi connectivity index (χ1n) is 8.13. The summed E-state index contributed by atoms with van der Waals surface area (Å²) in [6.07, 6.45) is 3.32.